The second-order valence-electron chi connectivity index (χ2n) is 5.23. The van der Waals surface area contributed by atoms with Crippen molar-refractivity contribution in [2.24, 2.45) is 5.92 Å². The highest BCUT2D eigenvalue weighted by Gasteiger charge is 2.15. The number of thioether (sulfide) groups is 1. The van der Waals surface area contributed by atoms with Crippen LogP contribution in [0.15, 0.2) is 33.7 Å². The van der Waals surface area contributed by atoms with E-state index in [1.807, 2.05) is 19.9 Å². The average molecular weight is 292 g/mol. The molecule has 2 rings (SSSR count). The Morgan fingerprint density at radius 1 is 1.35 bits per heavy atom. The van der Waals surface area contributed by atoms with Crippen LogP contribution >= 0.6 is 11.8 Å². The Kier molecular flexibility index (Phi) is 5.20. The number of rotatable bonds is 6. The Bertz CT molecular complexity index is 554. The highest BCUT2D eigenvalue weighted by atomic mass is 32.2. The number of aliphatic hydroxyl groups excluding tert-OH is 1. The summed E-state index contributed by atoms with van der Waals surface area (Å²) in [6, 6.07) is 8.32. The van der Waals surface area contributed by atoms with Gasteiger partial charge in [0.2, 0.25) is 5.89 Å². The van der Waals surface area contributed by atoms with Gasteiger partial charge in [-0.05, 0) is 25.0 Å². The fourth-order valence-corrected chi connectivity index (χ4v) is 2.56. The molecule has 20 heavy (non-hydrogen) atoms. The largest absolute Gasteiger partial charge is 0.392 e. The van der Waals surface area contributed by atoms with E-state index < -0.39 is 6.10 Å². The topological polar surface area (TPSA) is 59.2 Å². The van der Waals surface area contributed by atoms with Crippen LogP contribution < -0.4 is 0 Å². The minimum atomic E-state index is -0.437. The van der Waals surface area contributed by atoms with Crippen molar-refractivity contribution < 1.29 is 9.63 Å². The summed E-state index contributed by atoms with van der Waals surface area (Å²) >= 11 is 1.68. The van der Waals surface area contributed by atoms with E-state index in [1.165, 1.54) is 10.5 Å². The lowest BCUT2D eigenvalue weighted by Crippen LogP contribution is -2.17. The molecule has 0 spiro atoms. The van der Waals surface area contributed by atoms with Gasteiger partial charge in [0.25, 0.3) is 0 Å². The van der Waals surface area contributed by atoms with Crippen molar-refractivity contribution in [1.29, 1.82) is 0 Å². The third kappa shape index (κ3) is 4.35. The average Bonchev–Trinajstić information content (AvgIpc) is 2.84. The lowest BCUT2D eigenvalue weighted by Gasteiger charge is -2.10. The van der Waals surface area contributed by atoms with Crippen molar-refractivity contribution >= 4 is 11.8 Å². The Labute approximate surface area is 123 Å². The minimum Gasteiger partial charge on any atom is -0.392 e. The summed E-state index contributed by atoms with van der Waals surface area (Å²) in [5.74, 6) is 2.03. The first-order valence-corrected chi connectivity index (χ1v) is 7.72. The van der Waals surface area contributed by atoms with Gasteiger partial charge in [0.1, 0.15) is 0 Å². The molecule has 0 radical (unpaired) electrons. The minimum absolute atomic E-state index is 0.187. The number of aliphatic hydroxyl groups is 1. The molecule has 0 aliphatic heterocycles. The summed E-state index contributed by atoms with van der Waals surface area (Å²) in [5, 5.41) is 13.7. The van der Waals surface area contributed by atoms with E-state index in [2.05, 4.69) is 35.3 Å². The molecular formula is C15H20N2O2S. The number of nitrogens with zero attached hydrogens (tertiary/aromatic N) is 2. The third-order valence-electron chi connectivity index (χ3n) is 3.02. The molecular weight excluding hydrogens is 272 g/mol. The van der Waals surface area contributed by atoms with Gasteiger partial charge >= 0.3 is 0 Å². The fourth-order valence-electron chi connectivity index (χ4n) is 1.70. The molecule has 0 aliphatic carbocycles. The smallest absolute Gasteiger partial charge is 0.229 e. The second-order valence-corrected chi connectivity index (χ2v) is 6.27. The molecule has 0 fully saturated rings. The van der Waals surface area contributed by atoms with E-state index in [0.29, 0.717) is 23.9 Å². The predicted octanol–water partition coefficient (Wildman–Crippen LogP) is 3.23. The Morgan fingerprint density at radius 3 is 2.85 bits per heavy atom. The summed E-state index contributed by atoms with van der Waals surface area (Å²) in [7, 11) is 0. The molecule has 0 bridgehead atoms. The lowest BCUT2D eigenvalue weighted by atomic mass is 10.0. The van der Waals surface area contributed by atoms with E-state index in [9.17, 15) is 5.11 Å². The van der Waals surface area contributed by atoms with E-state index in [0.717, 1.165) is 0 Å². The van der Waals surface area contributed by atoms with Gasteiger partial charge in [-0.2, -0.15) is 4.98 Å². The maximum Gasteiger partial charge on any atom is 0.229 e. The molecule has 108 valence electrons. The fraction of sp³-hybridized carbons (Fsp3) is 0.467. The maximum atomic E-state index is 9.79. The van der Waals surface area contributed by atoms with E-state index in [1.54, 1.807) is 11.8 Å². The predicted molar refractivity (Wildman–Crippen MR) is 79.6 cm³/mol. The molecule has 5 heteroatoms. The van der Waals surface area contributed by atoms with Crippen LogP contribution in [0.1, 0.15) is 31.1 Å². The zero-order chi connectivity index (χ0) is 14.5. The first kappa shape index (κ1) is 15.1. The molecule has 4 nitrogen and oxygen atoms in total. The molecule has 1 heterocycles. The number of benzene rings is 1. The Balaban J connectivity index is 1.90. The molecule has 1 unspecified atom stereocenters. The van der Waals surface area contributed by atoms with Crippen LogP contribution in [0.5, 0.6) is 0 Å². The SMILES string of the molecule is Cc1cccc(SCc2noc(CC(O)C(C)C)n2)c1. The van der Waals surface area contributed by atoms with Gasteiger partial charge in [-0.25, -0.2) is 0 Å². The number of aryl methyl sites for hydroxylation is 1. The quantitative estimate of drug-likeness (QED) is 0.828. The van der Waals surface area contributed by atoms with Crippen LogP contribution in [0, 0.1) is 12.8 Å². The zero-order valence-electron chi connectivity index (χ0n) is 12.0. The van der Waals surface area contributed by atoms with Gasteiger partial charge in [0.15, 0.2) is 5.82 Å². The van der Waals surface area contributed by atoms with Crippen LogP contribution in [0.4, 0.5) is 0 Å². The van der Waals surface area contributed by atoms with Crippen molar-refractivity contribution in [2.45, 2.75) is 43.9 Å². The van der Waals surface area contributed by atoms with Crippen molar-refractivity contribution in [3.63, 3.8) is 0 Å². The highest BCUT2D eigenvalue weighted by Crippen LogP contribution is 2.22. The monoisotopic (exact) mass is 292 g/mol. The maximum absolute atomic E-state index is 9.79. The highest BCUT2D eigenvalue weighted by molar-refractivity contribution is 7.98. The van der Waals surface area contributed by atoms with Crippen molar-refractivity contribution in [1.82, 2.24) is 10.1 Å². The summed E-state index contributed by atoms with van der Waals surface area (Å²) in [5.41, 5.74) is 1.24. The van der Waals surface area contributed by atoms with Crippen molar-refractivity contribution in [2.75, 3.05) is 0 Å². The molecule has 2 aromatic rings. The normalized spacial score (nSPS) is 12.8. The van der Waals surface area contributed by atoms with Crippen LogP contribution in [0.25, 0.3) is 0 Å². The van der Waals surface area contributed by atoms with Crippen molar-refractivity contribution in [3.05, 3.63) is 41.5 Å². The summed E-state index contributed by atoms with van der Waals surface area (Å²) in [4.78, 5) is 5.50. The zero-order valence-corrected chi connectivity index (χ0v) is 12.9. The Hall–Kier alpha value is -1.33. The molecule has 0 amide bonds. The van der Waals surface area contributed by atoms with E-state index in [-0.39, 0.29) is 5.92 Å². The van der Waals surface area contributed by atoms with Crippen LogP contribution in [-0.2, 0) is 12.2 Å². The van der Waals surface area contributed by atoms with E-state index >= 15 is 0 Å². The Morgan fingerprint density at radius 2 is 2.15 bits per heavy atom. The molecule has 1 N–H and O–H groups in total. The number of aromatic nitrogens is 2. The first-order chi connectivity index (χ1) is 9.54. The van der Waals surface area contributed by atoms with Gasteiger partial charge in [0.05, 0.1) is 18.3 Å². The molecule has 1 aromatic heterocycles. The van der Waals surface area contributed by atoms with Gasteiger partial charge in [0, 0.05) is 4.90 Å². The van der Waals surface area contributed by atoms with Crippen molar-refractivity contribution in [3.8, 4) is 0 Å². The van der Waals surface area contributed by atoms with Crippen LogP contribution in [0.3, 0.4) is 0 Å². The molecule has 0 aliphatic rings. The first-order valence-electron chi connectivity index (χ1n) is 6.73. The van der Waals surface area contributed by atoms with Gasteiger partial charge in [-0.15, -0.1) is 11.8 Å². The van der Waals surface area contributed by atoms with Crippen LogP contribution in [-0.4, -0.2) is 21.4 Å². The number of hydrogen-bond acceptors (Lipinski definition) is 5. The lowest BCUT2D eigenvalue weighted by molar-refractivity contribution is 0.116. The third-order valence-corrected chi connectivity index (χ3v) is 4.01. The van der Waals surface area contributed by atoms with Gasteiger partial charge < -0.3 is 9.63 Å². The second kappa shape index (κ2) is 6.90. The molecule has 0 saturated carbocycles. The van der Waals surface area contributed by atoms with E-state index in [4.69, 9.17) is 4.52 Å². The summed E-state index contributed by atoms with van der Waals surface area (Å²) in [6.07, 6.45) is -0.0208. The van der Waals surface area contributed by atoms with Gasteiger partial charge in [-0.3, -0.25) is 0 Å². The standard InChI is InChI=1S/C15H20N2O2S/c1-10(2)13(18)8-15-16-14(17-19-15)9-20-12-6-4-5-11(3)7-12/h4-7,10,13,18H,8-9H2,1-3H3. The summed E-state index contributed by atoms with van der Waals surface area (Å²) < 4.78 is 5.16. The van der Waals surface area contributed by atoms with Crippen LogP contribution in [0.2, 0.25) is 0 Å². The summed E-state index contributed by atoms with van der Waals surface area (Å²) in [6.45, 7) is 6.01. The molecule has 1 atom stereocenters. The van der Waals surface area contributed by atoms with Gasteiger partial charge in [-0.1, -0.05) is 36.7 Å². The molecule has 0 saturated heterocycles. The molecule has 1 aromatic carbocycles. The number of hydrogen-bond donors (Lipinski definition) is 1.